The van der Waals surface area contributed by atoms with Gasteiger partial charge in [-0.3, -0.25) is 4.79 Å². The van der Waals surface area contributed by atoms with Crippen LogP contribution >= 0.6 is 11.6 Å². The van der Waals surface area contributed by atoms with E-state index in [1.807, 2.05) is 0 Å². The van der Waals surface area contributed by atoms with Gasteiger partial charge in [0.05, 0.1) is 9.92 Å². The van der Waals surface area contributed by atoms with Crippen LogP contribution < -0.4 is 0 Å². The number of hydrogen-bond donors (Lipinski definition) is 0. The molecule has 3 fully saturated rings. The molecule has 0 bridgehead atoms. The summed E-state index contributed by atoms with van der Waals surface area (Å²) < 4.78 is 40.3. The summed E-state index contributed by atoms with van der Waals surface area (Å²) in [5, 5.41) is -0.207. The molecule has 148 valence electrons. The Morgan fingerprint density at radius 1 is 1.15 bits per heavy atom. The quantitative estimate of drug-likeness (QED) is 0.717. The van der Waals surface area contributed by atoms with Crippen molar-refractivity contribution in [1.82, 2.24) is 9.21 Å². The van der Waals surface area contributed by atoms with Gasteiger partial charge in [0.1, 0.15) is 5.82 Å². The Kier molecular flexibility index (Phi) is 5.20. The molecule has 0 spiro atoms. The average molecular weight is 415 g/mol. The van der Waals surface area contributed by atoms with Crippen molar-refractivity contribution in [3.8, 4) is 0 Å². The Bertz CT molecular complexity index is 831. The van der Waals surface area contributed by atoms with E-state index in [-0.39, 0.29) is 21.7 Å². The van der Waals surface area contributed by atoms with Crippen LogP contribution in [-0.2, 0) is 14.8 Å². The molecular weight excluding hydrogens is 391 g/mol. The number of carbonyl (C=O) groups excluding carboxylic acids is 1. The van der Waals surface area contributed by atoms with E-state index in [2.05, 4.69) is 4.90 Å². The van der Waals surface area contributed by atoms with E-state index in [0.29, 0.717) is 37.9 Å². The first kappa shape index (κ1) is 19.2. The molecule has 5 nitrogen and oxygen atoms in total. The summed E-state index contributed by atoms with van der Waals surface area (Å²) in [6.07, 6.45) is 5.68. The van der Waals surface area contributed by atoms with Gasteiger partial charge in [-0.2, -0.15) is 4.31 Å². The predicted octanol–water partition coefficient (Wildman–Crippen LogP) is 3.28. The second-order valence-electron chi connectivity index (χ2n) is 7.92. The minimum absolute atomic E-state index is 0.00739. The lowest BCUT2D eigenvalue weighted by molar-refractivity contribution is -0.137. The van der Waals surface area contributed by atoms with Crippen molar-refractivity contribution in [2.75, 3.05) is 19.6 Å². The topological polar surface area (TPSA) is 57.7 Å². The number of sulfonamides is 1. The highest BCUT2D eigenvalue weighted by atomic mass is 35.5. The molecule has 1 amide bonds. The van der Waals surface area contributed by atoms with Crippen molar-refractivity contribution in [2.45, 2.75) is 49.5 Å². The maximum Gasteiger partial charge on any atom is 0.243 e. The molecular formula is C19H24ClFN2O3S. The molecule has 0 unspecified atom stereocenters. The summed E-state index contributed by atoms with van der Waals surface area (Å²) in [5.74, 6) is 0.118. The fraction of sp³-hybridized carbons (Fsp3) is 0.632. The van der Waals surface area contributed by atoms with E-state index in [0.717, 1.165) is 31.5 Å². The second kappa shape index (κ2) is 7.33. The Morgan fingerprint density at radius 3 is 2.37 bits per heavy atom. The molecule has 8 heteroatoms. The summed E-state index contributed by atoms with van der Waals surface area (Å²) >= 11 is 5.73. The first-order valence-electron chi connectivity index (χ1n) is 9.62. The Hall–Kier alpha value is -1.18. The van der Waals surface area contributed by atoms with E-state index in [4.69, 9.17) is 11.6 Å². The first-order valence-corrected chi connectivity index (χ1v) is 11.4. The zero-order chi connectivity index (χ0) is 19.2. The summed E-state index contributed by atoms with van der Waals surface area (Å²) in [6, 6.07) is 3.85. The van der Waals surface area contributed by atoms with E-state index >= 15 is 0 Å². The Balaban J connectivity index is 1.40. The molecule has 1 heterocycles. The minimum atomic E-state index is -3.73. The molecule has 3 aliphatic rings. The van der Waals surface area contributed by atoms with Gasteiger partial charge < -0.3 is 4.90 Å². The van der Waals surface area contributed by atoms with Gasteiger partial charge in [0.15, 0.2) is 0 Å². The highest BCUT2D eigenvalue weighted by Crippen LogP contribution is 2.37. The van der Waals surface area contributed by atoms with Crippen LogP contribution in [-0.4, -0.2) is 49.2 Å². The zero-order valence-electron chi connectivity index (χ0n) is 15.1. The number of hydrogen-bond acceptors (Lipinski definition) is 3. The van der Waals surface area contributed by atoms with Crippen molar-refractivity contribution in [3.63, 3.8) is 0 Å². The van der Waals surface area contributed by atoms with Gasteiger partial charge in [0, 0.05) is 31.6 Å². The van der Waals surface area contributed by atoms with Gasteiger partial charge in [-0.1, -0.05) is 11.6 Å². The van der Waals surface area contributed by atoms with Gasteiger partial charge in [0.25, 0.3) is 0 Å². The van der Waals surface area contributed by atoms with Crippen LogP contribution in [0.4, 0.5) is 4.39 Å². The molecule has 1 aromatic carbocycles. The van der Waals surface area contributed by atoms with Crippen LogP contribution in [0.3, 0.4) is 0 Å². The van der Waals surface area contributed by atoms with Crippen molar-refractivity contribution >= 4 is 27.5 Å². The molecule has 2 aliphatic carbocycles. The maximum atomic E-state index is 13.3. The molecule has 0 radical (unpaired) electrons. The maximum absolute atomic E-state index is 13.3. The van der Waals surface area contributed by atoms with Crippen LogP contribution in [0.1, 0.15) is 38.5 Å². The smallest absolute Gasteiger partial charge is 0.243 e. The van der Waals surface area contributed by atoms with Crippen molar-refractivity contribution < 1.29 is 17.6 Å². The lowest BCUT2D eigenvalue weighted by Crippen LogP contribution is -2.45. The van der Waals surface area contributed by atoms with Gasteiger partial charge in [-0.15, -0.1) is 0 Å². The lowest BCUT2D eigenvalue weighted by atomic mass is 9.96. The Labute approximate surface area is 164 Å². The zero-order valence-corrected chi connectivity index (χ0v) is 16.7. The van der Waals surface area contributed by atoms with Gasteiger partial charge in [0.2, 0.25) is 15.9 Å². The van der Waals surface area contributed by atoms with Gasteiger partial charge >= 0.3 is 0 Å². The summed E-state index contributed by atoms with van der Waals surface area (Å²) in [6.45, 7) is 1.47. The normalized spacial score (nSPS) is 22.0. The monoisotopic (exact) mass is 414 g/mol. The minimum Gasteiger partial charge on any atom is -0.339 e. The summed E-state index contributed by atoms with van der Waals surface area (Å²) in [7, 11) is -3.73. The van der Waals surface area contributed by atoms with Crippen LogP contribution in [0.15, 0.2) is 23.1 Å². The second-order valence-corrected chi connectivity index (χ2v) is 10.3. The first-order chi connectivity index (χ1) is 12.9. The van der Waals surface area contributed by atoms with Crippen LogP contribution in [0.25, 0.3) is 0 Å². The van der Waals surface area contributed by atoms with E-state index in [1.165, 1.54) is 23.2 Å². The highest BCUT2D eigenvalue weighted by molar-refractivity contribution is 7.89. The van der Waals surface area contributed by atoms with Crippen LogP contribution in [0, 0.1) is 17.7 Å². The van der Waals surface area contributed by atoms with E-state index in [9.17, 15) is 17.6 Å². The summed E-state index contributed by atoms with van der Waals surface area (Å²) in [4.78, 5) is 15.0. The number of benzene rings is 1. The third-order valence-corrected chi connectivity index (χ3v) is 7.94. The molecule has 27 heavy (non-hydrogen) atoms. The number of halogens is 2. The fourth-order valence-electron chi connectivity index (χ4n) is 3.75. The molecule has 2 saturated carbocycles. The van der Waals surface area contributed by atoms with Crippen LogP contribution in [0.5, 0.6) is 0 Å². The molecule has 0 aromatic heterocycles. The average Bonchev–Trinajstić information content (AvgIpc) is 3.55. The molecule has 1 aromatic rings. The van der Waals surface area contributed by atoms with Gasteiger partial charge in [-0.05, 0) is 62.6 Å². The van der Waals surface area contributed by atoms with Crippen molar-refractivity contribution in [1.29, 1.82) is 0 Å². The molecule has 0 atom stereocenters. The molecule has 1 saturated heterocycles. The lowest BCUT2D eigenvalue weighted by Gasteiger charge is -2.34. The van der Waals surface area contributed by atoms with Gasteiger partial charge in [-0.25, -0.2) is 12.8 Å². The number of amides is 1. The molecule has 4 rings (SSSR count). The third-order valence-electron chi connectivity index (χ3n) is 5.75. The number of nitrogens with zero attached hydrogens (tertiary/aromatic N) is 2. The Morgan fingerprint density at radius 2 is 1.81 bits per heavy atom. The highest BCUT2D eigenvalue weighted by Gasteiger charge is 2.40. The third kappa shape index (κ3) is 4.15. The number of piperidine rings is 1. The molecule has 0 N–H and O–H groups in total. The predicted molar refractivity (Wildman–Crippen MR) is 100 cm³/mol. The van der Waals surface area contributed by atoms with Crippen molar-refractivity contribution in [2.24, 2.45) is 11.8 Å². The SMILES string of the molecule is O=C(C1CCN(S(=O)(=O)c2ccc(F)c(Cl)c2)CC1)N(CC1CC1)C1CC1. The fourth-order valence-corrected chi connectivity index (χ4v) is 5.49. The van der Waals surface area contributed by atoms with Crippen molar-refractivity contribution in [3.05, 3.63) is 29.0 Å². The number of carbonyl (C=O) groups is 1. The standard InChI is InChI=1S/C19H24ClFN2O3S/c20-17-11-16(5-6-18(17)21)27(25,26)22-9-7-14(8-10-22)19(24)23(15-3-4-15)12-13-1-2-13/h5-6,11,13-15H,1-4,7-10,12H2. The summed E-state index contributed by atoms with van der Waals surface area (Å²) in [5.41, 5.74) is 0. The van der Waals surface area contributed by atoms with Crippen LogP contribution in [0.2, 0.25) is 5.02 Å². The molecule has 1 aliphatic heterocycles. The number of rotatable bonds is 6. The largest absolute Gasteiger partial charge is 0.339 e. The van der Waals surface area contributed by atoms with E-state index < -0.39 is 15.8 Å². The van der Waals surface area contributed by atoms with E-state index in [1.54, 1.807) is 0 Å².